The Labute approximate surface area is 172 Å². The maximum Gasteiger partial charge on any atom is 0.408 e. The Morgan fingerprint density at radius 1 is 0.966 bits per heavy atom. The molecule has 4 N–H and O–H groups in total. The molecule has 9 heteroatoms. The fourth-order valence-electron chi connectivity index (χ4n) is 2.47. The highest BCUT2D eigenvalue weighted by atomic mass is 35.5. The number of hydrogen-bond acceptors (Lipinski definition) is 5. The lowest BCUT2D eigenvalue weighted by Crippen LogP contribution is -2.53. The highest BCUT2D eigenvalue weighted by molar-refractivity contribution is 6.30. The van der Waals surface area contributed by atoms with E-state index < -0.39 is 36.7 Å². The monoisotopic (exact) mass is 420 g/mol. The molecule has 0 aliphatic rings. The zero-order valence-corrected chi connectivity index (χ0v) is 16.1. The fourth-order valence-corrected chi connectivity index (χ4v) is 2.69. The molecule has 0 saturated carbocycles. The van der Waals surface area contributed by atoms with E-state index >= 15 is 0 Å². The number of benzene rings is 2. The number of aliphatic carboxylic acids is 1. The third-order valence-corrected chi connectivity index (χ3v) is 4.18. The van der Waals surface area contributed by atoms with E-state index in [9.17, 15) is 24.6 Å². The van der Waals surface area contributed by atoms with Crippen LogP contribution >= 0.6 is 11.6 Å². The Hall–Kier alpha value is -3.10. The number of halogens is 1. The summed E-state index contributed by atoms with van der Waals surface area (Å²) in [7, 11) is 0. The first-order valence-electron chi connectivity index (χ1n) is 8.74. The summed E-state index contributed by atoms with van der Waals surface area (Å²) in [4.78, 5) is 35.7. The molecular formula is C20H21ClN2O6. The number of hydrogen-bond donors (Lipinski definition) is 4. The molecule has 0 aliphatic carbocycles. The molecule has 154 valence electrons. The van der Waals surface area contributed by atoms with Crippen LogP contribution in [0.1, 0.15) is 11.1 Å². The van der Waals surface area contributed by atoms with Gasteiger partial charge in [-0.05, 0) is 23.3 Å². The summed E-state index contributed by atoms with van der Waals surface area (Å²) in [5.41, 5.74) is 1.36. The maximum absolute atomic E-state index is 12.3. The van der Waals surface area contributed by atoms with E-state index in [1.807, 2.05) is 6.07 Å². The van der Waals surface area contributed by atoms with Crippen LogP contribution in [-0.2, 0) is 27.4 Å². The van der Waals surface area contributed by atoms with Gasteiger partial charge in [0.1, 0.15) is 18.7 Å². The topological polar surface area (TPSA) is 125 Å². The van der Waals surface area contributed by atoms with Gasteiger partial charge in [0, 0.05) is 11.4 Å². The van der Waals surface area contributed by atoms with Crippen molar-refractivity contribution in [3.63, 3.8) is 0 Å². The van der Waals surface area contributed by atoms with E-state index in [1.54, 1.807) is 48.5 Å². The van der Waals surface area contributed by atoms with Crippen molar-refractivity contribution in [3.8, 4) is 0 Å². The van der Waals surface area contributed by atoms with Crippen LogP contribution < -0.4 is 10.6 Å². The third kappa shape index (κ3) is 7.44. The minimum atomic E-state index is -1.36. The van der Waals surface area contributed by atoms with E-state index in [-0.39, 0.29) is 13.0 Å². The Morgan fingerprint density at radius 2 is 1.66 bits per heavy atom. The Bertz CT molecular complexity index is 846. The van der Waals surface area contributed by atoms with Crippen molar-refractivity contribution in [3.05, 3.63) is 70.7 Å². The first kappa shape index (κ1) is 22.2. The summed E-state index contributed by atoms with van der Waals surface area (Å²) in [5, 5.41) is 23.7. The van der Waals surface area contributed by atoms with Crippen LogP contribution in [0.15, 0.2) is 54.6 Å². The van der Waals surface area contributed by atoms with Crippen LogP contribution in [0.2, 0.25) is 5.02 Å². The van der Waals surface area contributed by atoms with Gasteiger partial charge in [0.15, 0.2) is 0 Å². The lowest BCUT2D eigenvalue weighted by molar-refractivity contribution is -0.142. The van der Waals surface area contributed by atoms with Crippen molar-refractivity contribution in [1.82, 2.24) is 10.6 Å². The van der Waals surface area contributed by atoms with Gasteiger partial charge in [-0.2, -0.15) is 0 Å². The number of aliphatic hydroxyl groups is 1. The Morgan fingerprint density at radius 3 is 2.28 bits per heavy atom. The van der Waals surface area contributed by atoms with Crippen molar-refractivity contribution < 1.29 is 29.3 Å². The molecule has 2 rings (SSSR count). The van der Waals surface area contributed by atoms with Crippen molar-refractivity contribution >= 4 is 29.6 Å². The molecule has 0 unspecified atom stereocenters. The number of alkyl carbamates (subject to hydrolysis) is 1. The summed E-state index contributed by atoms with van der Waals surface area (Å²) in [6.07, 6.45) is -0.928. The third-order valence-electron chi connectivity index (χ3n) is 3.95. The number of nitrogens with one attached hydrogen (secondary N) is 2. The lowest BCUT2D eigenvalue weighted by atomic mass is 10.1. The summed E-state index contributed by atoms with van der Waals surface area (Å²) in [6, 6.07) is 12.9. The molecule has 0 spiro atoms. The molecule has 2 aromatic rings. The van der Waals surface area contributed by atoms with Crippen molar-refractivity contribution in [1.29, 1.82) is 0 Å². The zero-order chi connectivity index (χ0) is 21.2. The molecule has 0 saturated heterocycles. The van der Waals surface area contributed by atoms with Gasteiger partial charge < -0.3 is 25.6 Å². The Kier molecular flexibility index (Phi) is 8.45. The van der Waals surface area contributed by atoms with E-state index in [1.165, 1.54) is 0 Å². The number of carbonyl (C=O) groups is 3. The van der Waals surface area contributed by atoms with Gasteiger partial charge in [0.05, 0.1) is 6.61 Å². The van der Waals surface area contributed by atoms with Crippen LogP contribution in [0.4, 0.5) is 4.79 Å². The molecule has 29 heavy (non-hydrogen) atoms. The normalized spacial score (nSPS) is 12.5. The van der Waals surface area contributed by atoms with Gasteiger partial charge >= 0.3 is 12.1 Å². The molecule has 2 atom stereocenters. The molecule has 2 aromatic carbocycles. The predicted molar refractivity (Wildman–Crippen MR) is 105 cm³/mol. The summed E-state index contributed by atoms with van der Waals surface area (Å²) < 4.78 is 5.00. The molecule has 2 amide bonds. The Balaban J connectivity index is 1.92. The van der Waals surface area contributed by atoms with Gasteiger partial charge in [-0.15, -0.1) is 0 Å². The van der Waals surface area contributed by atoms with Gasteiger partial charge in [-0.25, -0.2) is 9.59 Å². The van der Waals surface area contributed by atoms with E-state index in [0.29, 0.717) is 10.6 Å². The number of amides is 2. The van der Waals surface area contributed by atoms with Crippen LogP contribution in [0, 0.1) is 0 Å². The van der Waals surface area contributed by atoms with Gasteiger partial charge in [0.2, 0.25) is 5.91 Å². The second-order valence-corrected chi connectivity index (χ2v) is 6.61. The second kappa shape index (κ2) is 11.0. The van der Waals surface area contributed by atoms with Crippen LogP contribution in [0.25, 0.3) is 0 Å². The van der Waals surface area contributed by atoms with Crippen molar-refractivity contribution in [2.75, 3.05) is 6.61 Å². The quantitative estimate of drug-likeness (QED) is 0.489. The largest absolute Gasteiger partial charge is 0.480 e. The molecular weight excluding hydrogens is 400 g/mol. The summed E-state index contributed by atoms with van der Waals surface area (Å²) in [5.74, 6) is -2.11. The van der Waals surface area contributed by atoms with Crippen molar-refractivity contribution in [2.45, 2.75) is 25.1 Å². The second-order valence-electron chi connectivity index (χ2n) is 6.17. The molecule has 0 bridgehead atoms. The van der Waals surface area contributed by atoms with Crippen LogP contribution in [-0.4, -0.2) is 46.9 Å². The molecule has 0 radical (unpaired) electrons. The first-order valence-corrected chi connectivity index (χ1v) is 9.12. The highest BCUT2D eigenvalue weighted by Gasteiger charge is 2.26. The molecule has 0 aromatic heterocycles. The van der Waals surface area contributed by atoms with Gasteiger partial charge in [-0.3, -0.25) is 4.79 Å². The number of carboxylic acids is 1. The minimum Gasteiger partial charge on any atom is -0.480 e. The average Bonchev–Trinajstić information content (AvgIpc) is 2.70. The number of rotatable bonds is 9. The smallest absolute Gasteiger partial charge is 0.408 e. The molecule has 8 nitrogen and oxygen atoms in total. The number of ether oxygens (including phenoxy) is 1. The van der Waals surface area contributed by atoms with Crippen LogP contribution in [0.3, 0.4) is 0 Å². The highest BCUT2D eigenvalue weighted by Crippen LogP contribution is 2.12. The van der Waals surface area contributed by atoms with Crippen LogP contribution in [0.5, 0.6) is 0 Å². The molecule has 0 heterocycles. The zero-order valence-electron chi connectivity index (χ0n) is 15.4. The SMILES string of the molecule is O=C(N[C@@H](CO)C(=O)N[C@@H](Cc1cccc(Cl)c1)C(=O)O)OCc1ccccc1. The van der Waals surface area contributed by atoms with Crippen molar-refractivity contribution in [2.24, 2.45) is 0 Å². The number of carboxylic acid groups (broad SMARTS) is 1. The average molecular weight is 421 g/mol. The van der Waals surface area contributed by atoms with Gasteiger partial charge in [0.25, 0.3) is 0 Å². The van der Waals surface area contributed by atoms with Gasteiger partial charge in [-0.1, -0.05) is 54.1 Å². The number of carbonyl (C=O) groups excluding carboxylic acids is 2. The summed E-state index contributed by atoms with van der Waals surface area (Å²) in [6.45, 7) is -0.741. The standard InChI is InChI=1S/C20H21ClN2O6/c21-15-8-4-7-14(9-15)10-16(19(26)27)22-18(25)17(11-24)23-20(28)29-12-13-5-2-1-3-6-13/h1-9,16-17,24H,10-12H2,(H,22,25)(H,23,28)(H,26,27)/t16-,17-/m0/s1. The minimum absolute atomic E-state index is 0.0149. The number of aliphatic hydroxyl groups excluding tert-OH is 1. The first-order chi connectivity index (χ1) is 13.9. The van der Waals surface area contributed by atoms with E-state index in [0.717, 1.165) is 5.56 Å². The molecule has 0 fully saturated rings. The predicted octanol–water partition coefficient (Wildman–Crippen LogP) is 1.74. The van der Waals surface area contributed by atoms with E-state index in [4.69, 9.17) is 16.3 Å². The lowest BCUT2D eigenvalue weighted by Gasteiger charge is -2.20. The fraction of sp³-hybridized carbons (Fsp3) is 0.250. The molecule has 0 aliphatic heterocycles. The maximum atomic E-state index is 12.3. The summed E-state index contributed by atoms with van der Waals surface area (Å²) >= 11 is 5.89. The van der Waals surface area contributed by atoms with E-state index in [2.05, 4.69) is 10.6 Å².